The van der Waals surface area contributed by atoms with Crippen molar-refractivity contribution in [3.8, 4) is 0 Å². The molecule has 0 saturated carbocycles. The van der Waals surface area contributed by atoms with Gasteiger partial charge in [-0.1, -0.05) is 11.6 Å². The van der Waals surface area contributed by atoms with E-state index in [0.29, 0.717) is 30.6 Å². The van der Waals surface area contributed by atoms with Crippen LogP contribution in [0.15, 0.2) is 29.5 Å². The highest BCUT2D eigenvalue weighted by Crippen LogP contribution is 2.27. The second-order valence-corrected chi connectivity index (χ2v) is 6.22. The van der Waals surface area contributed by atoms with Crippen molar-refractivity contribution in [1.82, 2.24) is 24.8 Å². The number of rotatable bonds is 6. The maximum absolute atomic E-state index is 12.6. The summed E-state index contributed by atoms with van der Waals surface area (Å²) in [6.07, 6.45) is -1.61. The minimum atomic E-state index is -4.50. The van der Waals surface area contributed by atoms with E-state index in [1.54, 1.807) is 7.05 Å². The summed E-state index contributed by atoms with van der Waals surface area (Å²) in [5, 5.41) is 6.54. The highest BCUT2D eigenvalue weighted by atomic mass is 127. The van der Waals surface area contributed by atoms with Crippen LogP contribution in [0.5, 0.6) is 0 Å². The van der Waals surface area contributed by atoms with E-state index < -0.39 is 11.9 Å². The third-order valence-electron chi connectivity index (χ3n) is 3.68. The van der Waals surface area contributed by atoms with Gasteiger partial charge in [-0.15, -0.1) is 24.0 Å². The predicted molar refractivity (Wildman–Crippen MR) is 114 cm³/mol. The average Bonchev–Trinajstić information content (AvgIpc) is 2.91. The molecule has 0 aliphatic carbocycles. The number of aryl methyl sites for hydroxylation is 1. The second kappa shape index (κ2) is 10.7. The molecule has 2 aromatic rings. The van der Waals surface area contributed by atoms with Gasteiger partial charge in [0, 0.05) is 52.3 Å². The Kier molecular flexibility index (Phi) is 9.27. The molecule has 12 heteroatoms. The first-order chi connectivity index (χ1) is 12.7. The molecule has 2 rings (SSSR count). The molecule has 2 heterocycles. The lowest BCUT2D eigenvalue weighted by molar-refractivity contribution is -0.141. The Morgan fingerprint density at radius 1 is 1.36 bits per heavy atom. The smallest absolute Gasteiger partial charge is 0.354 e. The Labute approximate surface area is 183 Å². The molecule has 7 nitrogen and oxygen atoms in total. The van der Waals surface area contributed by atoms with Crippen molar-refractivity contribution in [3.63, 3.8) is 0 Å². The first-order valence-electron chi connectivity index (χ1n) is 8.07. The number of anilines is 1. The zero-order chi connectivity index (χ0) is 20.0. The number of hydrogen-bond acceptors (Lipinski definition) is 4. The van der Waals surface area contributed by atoms with Crippen LogP contribution in [0.3, 0.4) is 0 Å². The van der Waals surface area contributed by atoms with Gasteiger partial charge in [-0.05, 0) is 12.1 Å². The molecule has 2 N–H and O–H groups in total. The van der Waals surface area contributed by atoms with E-state index >= 15 is 0 Å². The number of halogens is 5. The van der Waals surface area contributed by atoms with E-state index in [2.05, 4.69) is 25.6 Å². The van der Waals surface area contributed by atoms with E-state index in [1.807, 2.05) is 35.8 Å². The number of alkyl halides is 3. The van der Waals surface area contributed by atoms with E-state index in [-0.39, 0.29) is 29.9 Å². The monoisotopic (exact) mass is 531 g/mol. The summed E-state index contributed by atoms with van der Waals surface area (Å²) in [6, 6.07) is 2.70. The molecule has 0 bridgehead atoms. The van der Waals surface area contributed by atoms with Crippen molar-refractivity contribution < 1.29 is 13.2 Å². The first-order valence-corrected chi connectivity index (χ1v) is 8.45. The number of aromatic nitrogens is 3. The summed E-state index contributed by atoms with van der Waals surface area (Å²) < 4.78 is 39.9. The van der Waals surface area contributed by atoms with Crippen LogP contribution in [0.1, 0.15) is 11.4 Å². The van der Waals surface area contributed by atoms with Crippen LogP contribution in [0.2, 0.25) is 5.02 Å². The lowest BCUT2D eigenvalue weighted by Gasteiger charge is -2.22. The van der Waals surface area contributed by atoms with Gasteiger partial charge in [0.15, 0.2) is 5.96 Å². The fraction of sp³-hybridized carbons (Fsp3) is 0.438. The van der Waals surface area contributed by atoms with Crippen LogP contribution in [0, 0.1) is 0 Å². The summed E-state index contributed by atoms with van der Waals surface area (Å²) in [6.45, 7) is 1.34. The van der Waals surface area contributed by atoms with E-state index in [0.717, 1.165) is 18.0 Å². The first kappa shape index (κ1) is 24.3. The Hall–Kier alpha value is -1.76. The molecule has 0 spiro atoms. The van der Waals surface area contributed by atoms with Gasteiger partial charge in [-0.2, -0.15) is 13.2 Å². The molecule has 156 valence electrons. The molecule has 0 saturated heterocycles. The van der Waals surface area contributed by atoms with Crippen LogP contribution in [-0.2, 0) is 19.8 Å². The van der Waals surface area contributed by atoms with Gasteiger partial charge in [-0.3, -0.25) is 4.99 Å². The third-order valence-corrected chi connectivity index (χ3v) is 3.89. The molecular weight excluding hydrogens is 510 g/mol. The van der Waals surface area contributed by atoms with Crippen LogP contribution in [-0.4, -0.2) is 52.6 Å². The largest absolute Gasteiger partial charge is 0.433 e. The summed E-state index contributed by atoms with van der Waals surface area (Å²) in [5.41, 5.74) is 0.0330. The Balaban J connectivity index is 0.00000392. The molecule has 2 aromatic heterocycles. The minimum absolute atomic E-state index is 0. The molecule has 0 aromatic carbocycles. The Morgan fingerprint density at radius 2 is 2.07 bits per heavy atom. The summed E-state index contributed by atoms with van der Waals surface area (Å²) >= 11 is 5.99. The normalized spacial score (nSPS) is 11.8. The summed E-state index contributed by atoms with van der Waals surface area (Å²) in [4.78, 5) is 13.3. The van der Waals surface area contributed by atoms with Crippen molar-refractivity contribution in [2.75, 3.05) is 32.5 Å². The van der Waals surface area contributed by atoms with Gasteiger partial charge in [0.05, 0.1) is 11.6 Å². The fourth-order valence-corrected chi connectivity index (χ4v) is 2.65. The lowest BCUT2D eigenvalue weighted by atomic mass is 10.4. The van der Waals surface area contributed by atoms with Crippen molar-refractivity contribution >= 4 is 47.5 Å². The summed E-state index contributed by atoms with van der Waals surface area (Å²) in [7, 11) is 5.43. The highest BCUT2D eigenvalue weighted by molar-refractivity contribution is 14.0. The molecule has 0 aliphatic rings. The van der Waals surface area contributed by atoms with Crippen molar-refractivity contribution in [3.05, 3.63) is 40.9 Å². The van der Waals surface area contributed by atoms with Crippen LogP contribution in [0.25, 0.3) is 0 Å². The van der Waals surface area contributed by atoms with E-state index in [1.165, 1.54) is 0 Å². The average molecular weight is 532 g/mol. The number of nitrogens with zero attached hydrogens (tertiary/aromatic N) is 5. The van der Waals surface area contributed by atoms with Crippen molar-refractivity contribution in [2.45, 2.75) is 12.7 Å². The molecule has 0 amide bonds. The number of nitrogens with one attached hydrogen (secondary N) is 2. The van der Waals surface area contributed by atoms with Crippen LogP contribution < -0.4 is 10.6 Å². The van der Waals surface area contributed by atoms with Crippen LogP contribution >= 0.6 is 35.6 Å². The molecule has 28 heavy (non-hydrogen) atoms. The lowest BCUT2D eigenvalue weighted by Crippen LogP contribution is -2.40. The standard InChI is InChI=1S/C16H21ClF3N7.HI/c1-21-15(27(3)10-12-8-11(17)9-26(12)2)24-7-6-23-14-22-5-4-13(25-14)16(18,19)20;/h4-5,8-9H,6-7,10H2,1-3H3,(H,21,24)(H,22,23,25);1H. The number of guanidine groups is 1. The topological polar surface area (TPSA) is 70.4 Å². The maximum atomic E-state index is 12.6. The van der Waals surface area contributed by atoms with Gasteiger partial charge >= 0.3 is 6.18 Å². The quantitative estimate of drug-likeness (QED) is 0.259. The fourth-order valence-electron chi connectivity index (χ4n) is 2.38. The number of aliphatic imine (C=N–C) groups is 1. The molecule has 0 radical (unpaired) electrons. The second-order valence-electron chi connectivity index (χ2n) is 5.78. The van der Waals surface area contributed by atoms with Gasteiger partial charge in [0.25, 0.3) is 0 Å². The van der Waals surface area contributed by atoms with Crippen molar-refractivity contribution in [1.29, 1.82) is 0 Å². The molecule has 0 atom stereocenters. The third kappa shape index (κ3) is 7.00. The Bertz CT molecular complexity index is 795. The van der Waals surface area contributed by atoms with Gasteiger partial charge in [0.2, 0.25) is 5.95 Å². The van der Waals surface area contributed by atoms with Gasteiger partial charge in [0.1, 0.15) is 5.69 Å². The molecule has 0 fully saturated rings. The number of hydrogen-bond donors (Lipinski definition) is 2. The molecule has 0 aliphatic heterocycles. The van der Waals surface area contributed by atoms with Gasteiger partial charge in [-0.25, -0.2) is 9.97 Å². The molecule has 0 unspecified atom stereocenters. The van der Waals surface area contributed by atoms with E-state index in [4.69, 9.17) is 11.6 Å². The van der Waals surface area contributed by atoms with Gasteiger partial charge < -0.3 is 20.1 Å². The predicted octanol–water partition coefficient (Wildman–Crippen LogP) is 3.22. The van der Waals surface area contributed by atoms with Crippen LogP contribution in [0.4, 0.5) is 19.1 Å². The summed E-state index contributed by atoms with van der Waals surface area (Å²) in [5.74, 6) is 0.563. The van der Waals surface area contributed by atoms with E-state index in [9.17, 15) is 13.2 Å². The van der Waals surface area contributed by atoms with Crippen molar-refractivity contribution in [2.24, 2.45) is 12.0 Å². The zero-order valence-electron chi connectivity index (χ0n) is 15.6. The minimum Gasteiger partial charge on any atom is -0.354 e. The molecular formula is C16H22ClF3IN7. The highest BCUT2D eigenvalue weighted by Gasteiger charge is 2.32. The maximum Gasteiger partial charge on any atom is 0.433 e. The zero-order valence-corrected chi connectivity index (χ0v) is 18.7. The Morgan fingerprint density at radius 3 is 2.64 bits per heavy atom. The SMILES string of the molecule is CN=C(NCCNc1nccc(C(F)(F)F)n1)N(C)Cc1cc(Cl)cn1C.I.